The predicted molar refractivity (Wildman–Crippen MR) is 109 cm³/mol. The molecule has 142 valence electrons. The number of fused-ring (bicyclic) bond motifs is 2. The van der Waals surface area contributed by atoms with E-state index in [0.717, 1.165) is 53.6 Å². The number of aromatic nitrogens is 4. The topological polar surface area (TPSA) is 81.5 Å². The Labute approximate surface area is 162 Å². The van der Waals surface area contributed by atoms with Gasteiger partial charge < -0.3 is 10.6 Å². The highest BCUT2D eigenvalue weighted by atomic mass is 16.2. The van der Waals surface area contributed by atoms with Gasteiger partial charge in [0.2, 0.25) is 0 Å². The van der Waals surface area contributed by atoms with Crippen molar-refractivity contribution >= 4 is 28.1 Å². The van der Waals surface area contributed by atoms with Crippen LogP contribution in [-0.4, -0.2) is 43.3 Å². The molecule has 1 amide bonds. The normalized spacial score (nSPS) is 14.8. The minimum atomic E-state index is 0.0710. The number of pyridine rings is 1. The van der Waals surface area contributed by atoms with Crippen molar-refractivity contribution in [1.29, 1.82) is 0 Å². The Morgan fingerprint density at radius 3 is 2.71 bits per heavy atom. The first kappa shape index (κ1) is 16.8. The zero-order valence-corrected chi connectivity index (χ0v) is 15.8. The number of anilines is 1. The highest BCUT2D eigenvalue weighted by Crippen LogP contribution is 2.28. The van der Waals surface area contributed by atoms with Gasteiger partial charge in [0.15, 0.2) is 5.82 Å². The summed E-state index contributed by atoms with van der Waals surface area (Å²) in [5.74, 6) is 0.595. The van der Waals surface area contributed by atoms with Gasteiger partial charge in [-0.3, -0.25) is 9.48 Å². The Morgan fingerprint density at radius 2 is 1.89 bits per heavy atom. The second-order valence-corrected chi connectivity index (χ2v) is 7.36. The molecule has 2 N–H and O–H groups in total. The first-order valence-corrected chi connectivity index (χ1v) is 9.62. The van der Waals surface area contributed by atoms with E-state index in [1.165, 1.54) is 6.42 Å². The molecule has 0 saturated carbocycles. The van der Waals surface area contributed by atoms with Crippen LogP contribution in [0.4, 0.5) is 5.82 Å². The molecule has 0 unspecified atom stereocenters. The SMILES string of the molecule is Cn1nc(N)c2ccc(-c3cccc4c(C(=O)N5CCCCC5)cnn34)cc21. The number of rotatable bonds is 2. The second-order valence-electron chi connectivity index (χ2n) is 7.36. The summed E-state index contributed by atoms with van der Waals surface area (Å²) >= 11 is 0. The molecule has 1 aliphatic heterocycles. The fourth-order valence-electron chi connectivity index (χ4n) is 4.11. The predicted octanol–water partition coefficient (Wildman–Crippen LogP) is 3.10. The van der Waals surface area contributed by atoms with Gasteiger partial charge in [0.05, 0.1) is 28.5 Å². The fourth-order valence-corrected chi connectivity index (χ4v) is 4.11. The smallest absolute Gasteiger partial charge is 0.257 e. The van der Waals surface area contributed by atoms with Gasteiger partial charge in [0.1, 0.15) is 0 Å². The number of piperidine rings is 1. The van der Waals surface area contributed by atoms with Gasteiger partial charge >= 0.3 is 0 Å². The molecule has 7 heteroatoms. The summed E-state index contributed by atoms with van der Waals surface area (Å²) in [6, 6.07) is 12.0. The van der Waals surface area contributed by atoms with Crippen molar-refractivity contribution in [3.05, 3.63) is 48.2 Å². The lowest BCUT2D eigenvalue weighted by atomic mass is 10.1. The minimum Gasteiger partial charge on any atom is -0.382 e. The van der Waals surface area contributed by atoms with Crippen LogP contribution in [-0.2, 0) is 7.05 Å². The van der Waals surface area contributed by atoms with Crippen molar-refractivity contribution in [1.82, 2.24) is 24.3 Å². The lowest BCUT2D eigenvalue weighted by Crippen LogP contribution is -2.35. The molecule has 0 aliphatic carbocycles. The van der Waals surface area contributed by atoms with Gasteiger partial charge in [0, 0.05) is 31.1 Å². The molecule has 0 spiro atoms. The molecule has 0 atom stereocenters. The summed E-state index contributed by atoms with van der Waals surface area (Å²) in [5, 5.41) is 9.76. The average Bonchev–Trinajstić information content (AvgIpc) is 3.29. The van der Waals surface area contributed by atoms with Gasteiger partial charge in [-0.05, 0) is 43.5 Å². The summed E-state index contributed by atoms with van der Waals surface area (Å²) < 4.78 is 3.63. The van der Waals surface area contributed by atoms with Gasteiger partial charge in [-0.25, -0.2) is 4.52 Å². The maximum Gasteiger partial charge on any atom is 0.257 e. The molecule has 1 aromatic carbocycles. The number of amides is 1. The molecule has 28 heavy (non-hydrogen) atoms. The Bertz CT molecular complexity index is 1200. The number of nitrogens with two attached hydrogens (primary N) is 1. The van der Waals surface area contributed by atoms with Crippen LogP contribution in [0.15, 0.2) is 42.6 Å². The standard InChI is InChI=1S/C21H22N6O/c1-25-19-12-14(8-9-15(19)20(22)24-25)17-6-5-7-18-16(13-23-27(17)18)21(28)26-10-3-2-4-11-26/h5-9,12-13H,2-4,10-11H2,1H3,(H2,22,24). The van der Waals surface area contributed by atoms with Crippen LogP contribution in [0.3, 0.4) is 0 Å². The third-order valence-electron chi connectivity index (χ3n) is 5.59. The molecule has 3 aromatic heterocycles. The quantitative estimate of drug-likeness (QED) is 0.585. The van der Waals surface area contributed by atoms with E-state index in [-0.39, 0.29) is 5.91 Å². The van der Waals surface area contributed by atoms with Crippen LogP contribution >= 0.6 is 0 Å². The minimum absolute atomic E-state index is 0.0710. The number of hydrogen-bond acceptors (Lipinski definition) is 4. The van der Waals surface area contributed by atoms with Crippen molar-refractivity contribution < 1.29 is 4.79 Å². The van der Waals surface area contributed by atoms with Gasteiger partial charge in [-0.1, -0.05) is 12.1 Å². The van der Waals surface area contributed by atoms with E-state index in [4.69, 9.17) is 5.73 Å². The molecule has 4 heterocycles. The number of nitrogen functional groups attached to an aromatic ring is 1. The van der Waals surface area contributed by atoms with Crippen LogP contribution in [0, 0.1) is 0 Å². The number of carbonyl (C=O) groups is 1. The molecule has 7 nitrogen and oxygen atoms in total. The van der Waals surface area contributed by atoms with Crippen LogP contribution < -0.4 is 5.73 Å². The number of likely N-dealkylation sites (tertiary alicyclic amines) is 1. The number of nitrogens with zero attached hydrogens (tertiary/aromatic N) is 5. The summed E-state index contributed by atoms with van der Waals surface area (Å²) in [6.45, 7) is 1.66. The molecular weight excluding hydrogens is 352 g/mol. The zero-order chi connectivity index (χ0) is 19.3. The third-order valence-corrected chi connectivity index (χ3v) is 5.59. The molecular formula is C21H22N6O. The van der Waals surface area contributed by atoms with Gasteiger partial charge in [-0.2, -0.15) is 10.2 Å². The number of hydrogen-bond donors (Lipinski definition) is 1. The van der Waals surface area contributed by atoms with Crippen molar-refractivity contribution in [3.63, 3.8) is 0 Å². The van der Waals surface area contributed by atoms with Gasteiger partial charge in [0.25, 0.3) is 5.91 Å². The highest BCUT2D eigenvalue weighted by molar-refractivity contribution is 6.01. The third kappa shape index (κ3) is 2.54. The van der Waals surface area contributed by atoms with Crippen LogP contribution in [0.5, 0.6) is 0 Å². The number of aryl methyl sites for hydroxylation is 1. The van der Waals surface area contributed by atoms with Gasteiger partial charge in [-0.15, -0.1) is 0 Å². The Balaban J connectivity index is 1.61. The Hall–Kier alpha value is -3.35. The van der Waals surface area contributed by atoms with E-state index < -0.39 is 0 Å². The fraction of sp³-hybridized carbons (Fsp3) is 0.286. The lowest BCUT2D eigenvalue weighted by molar-refractivity contribution is 0.0726. The van der Waals surface area contributed by atoms with E-state index in [1.807, 2.05) is 46.8 Å². The van der Waals surface area contributed by atoms with Crippen molar-refractivity contribution in [3.8, 4) is 11.3 Å². The molecule has 1 saturated heterocycles. The van der Waals surface area contributed by atoms with E-state index >= 15 is 0 Å². The Morgan fingerprint density at radius 1 is 1.07 bits per heavy atom. The van der Waals surface area contributed by atoms with Crippen molar-refractivity contribution in [2.24, 2.45) is 7.05 Å². The maximum absolute atomic E-state index is 13.0. The molecule has 0 radical (unpaired) electrons. The second kappa shape index (κ2) is 6.37. The van der Waals surface area contributed by atoms with E-state index in [0.29, 0.717) is 11.4 Å². The van der Waals surface area contributed by atoms with E-state index in [2.05, 4.69) is 16.3 Å². The van der Waals surface area contributed by atoms with Crippen LogP contribution in [0.1, 0.15) is 29.6 Å². The number of carbonyl (C=O) groups excluding carboxylic acids is 1. The first-order chi connectivity index (χ1) is 13.6. The largest absolute Gasteiger partial charge is 0.382 e. The molecule has 1 fully saturated rings. The molecule has 1 aliphatic rings. The highest BCUT2D eigenvalue weighted by Gasteiger charge is 2.22. The van der Waals surface area contributed by atoms with Crippen LogP contribution in [0.25, 0.3) is 27.7 Å². The molecule has 5 rings (SSSR count). The molecule has 4 aromatic rings. The maximum atomic E-state index is 13.0. The monoisotopic (exact) mass is 374 g/mol. The summed E-state index contributed by atoms with van der Waals surface area (Å²) in [7, 11) is 1.88. The van der Waals surface area contributed by atoms with Crippen molar-refractivity contribution in [2.45, 2.75) is 19.3 Å². The lowest BCUT2D eigenvalue weighted by Gasteiger charge is -2.26. The van der Waals surface area contributed by atoms with Crippen molar-refractivity contribution in [2.75, 3.05) is 18.8 Å². The summed E-state index contributed by atoms with van der Waals surface area (Å²) in [4.78, 5) is 14.9. The average molecular weight is 374 g/mol. The number of benzene rings is 1. The zero-order valence-electron chi connectivity index (χ0n) is 15.8. The molecule has 0 bridgehead atoms. The van der Waals surface area contributed by atoms with Crippen LogP contribution in [0.2, 0.25) is 0 Å². The van der Waals surface area contributed by atoms with E-state index in [9.17, 15) is 4.79 Å². The summed E-state index contributed by atoms with van der Waals surface area (Å²) in [6.07, 6.45) is 5.04. The first-order valence-electron chi connectivity index (χ1n) is 9.62. The van der Waals surface area contributed by atoms with E-state index in [1.54, 1.807) is 10.9 Å². The Kier molecular flexibility index (Phi) is 3.82. The summed E-state index contributed by atoms with van der Waals surface area (Å²) in [5.41, 5.74) is 10.4.